The first-order valence-corrected chi connectivity index (χ1v) is 10.2. The van der Waals surface area contributed by atoms with Gasteiger partial charge in [-0.3, -0.25) is 4.79 Å². The van der Waals surface area contributed by atoms with E-state index in [2.05, 4.69) is 20.6 Å². The van der Waals surface area contributed by atoms with E-state index in [1.807, 2.05) is 44.4 Å². The Morgan fingerprint density at radius 2 is 1.93 bits per heavy atom. The molecule has 2 aromatic rings. The third-order valence-electron chi connectivity index (χ3n) is 4.12. The third kappa shape index (κ3) is 5.26. The van der Waals surface area contributed by atoms with Crippen LogP contribution in [0.3, 0.4) is 0 Å². The zero-order chi connectivity index (χ0) is 19.2. The molecule has 0 saturated carbocycles. The average molecular weight is 388 g/mol. The number of fused-ring (bicyclic) bond motifs is 1. The van der Waals surface area contributed by atoms with Crippen molar-refractivity contribution in [2.75, 3.05) is 24.1 Å². The minimum atomic E-state index is -0.396. The lowest BCUT2D eigenvalue weighted by Crippen LogP contribution is -2.40. The second-order valence-corrected chi connectivity index (χ2v) is 7.34. The quantitative estimate of drug-likeness (QED) is 0.719. The van der Waals surface area contributed by atoms with Crippen LogP contribution in [0.25, 0.3) is 0 Å². The van der Waals surface area contributed by atoms with E-state index in [9.17, 15) is 4.79 Å². The van der Waals surface area contributed by atoms with E-state index in [1.165, 1.54) is 0 Å². The van der Waals surface area contributed by atoms with Crippen molar-refractivity contribution in [1.82, 2.24) is 15.3 Å². The highest BCUT2D eigenvalue weighted by Crippen LogP contribution is 2.32. The first-order chi connectivity index (χ1) is 13.0. The molecule has 144 valence electrons. The van der Waals surface area contributed by atoms with Crippen molar-refractivity contribution in [3.8, 4) is 11.5 Å². The predicted molar refractivity (Wildman–Crippen MR) is 106 cm³/mol. The van der Waals surface area contributed by atoms with Gasteiger partial charge < -0.3 is 20.1 Å². The van der Waals surface area contributed by atoms with Crippen LogP contribution in [0.2, 0.25) is 0 Å². The van der Waals surface area contributed by atoms with Crippen molar-refractivity contribution in [1.29, 1.82) is 0 Å². The van der Waals surface area contributed by atoms with E-state index in [1.54, 1.807) is 11.8 Å². The lowest BCUT2D eigenvalue weighted by molar-refractivity contribution is -0.122. The molecule has 1 atom stereocenters. The van der Waals surface area contributed by atoms with Crippen molar-refractivity contribution in [2.45, 2.75) is 32.9 Å². The van der Waals surface area contributed by atoms with E-state index >= 15 is 0 Å². The van der Waals surface area contributed by atoms with Gasteiger partial charge in [0.25, 0.3) is 0 Å². The summed E-state index contributed by atoms with van der Waals surface area (Å²) in [7, 11) is 0. The summed E-state index contributed by atoms with van der Waals surface area (Å²) < 4.78 is 10.7. The van der Waals surface area contributed by atoms with Gasteiger partial charge in [0.15, 0.2) is 11.5 Å². The lowest BCUT2D eigenvalue weighted by atomic mass is 10.1. The normalized spacial score (nSPS) is 13.3. The number of aromatic nitrogens is 2. The number of carbonyl (C=O) groups is 1. The summed E-state index contributed by atoms with van der Waals surface area (Å²) in [4.78, 5) is 21.5. The maximum absolute atomic E-state index is 12.7. The Hall–Kier alpha value is -2.48. The highest BCUT2D eigenvalue weighted by molar-refractivity contribution is 7.98. The maximum Gasteiger partial charge on any atom is 0.242 e. The molecule has 1 aliphatic heterocycles. The van der Waals surface area contributed by atoms with Crippen LogP contribution in [0.1, 0.15) is 23.4 Å². The molecule has 1 aliphatic rings. The van der Waals surface area contributed by atoms with Crippen LogP contribution in [0.4, 0.5) is 5.95 Å². The zero-order valence-corrected chi connectivity index (χ0v) is 16.6. The summed E-state index contributed by atoms with van der Waals surface area (Å²) in [6.45, 7) is 4.48. The molecular weight excluding hydrogens is 364 g/mol. The van der Waals surface area contributed by atoms with Crippen molar-refractivity contribution >= 4 is 23.6 Å². The van der Waals surface area contributed by atoms with Gasteiger partial charge in [-0.05, 0) is 56.0 Å². The molecule has 2 N–H and O–H groups in total. The molecule has 3 rings (SSSR count). The van der Waals surface area contributed by atoms with Gasteiger partial charge in [0.1, 0.15) is 6.04 Å². The number of benzene rings is 1. The fraction of sp³-hybridized carbons (Fsp3) is 0.421. The molecule has 7 nitrogen and oxygen atoms in total. The summed E-state index contributed by atoms with van der Waals surface area (Å²) in [6.07, 6.45) is 2.71. The number of nitrogens with zero attached hydrogens (tertiary/aromatic N) is 2. The minimum absolute atomic E-state index is 0.0792. The molecule has 0 unspecified atom stereocenters. The molecule has 0 bridgehead atoms. The molecule has 27 heavy (non-hydrogen) atoms. The third-order valence-corrected chi connectivity index (χ3v) is 4.76. The molecule has 0 radical (unpaired) electrons. The Morgan fingerprint density at radius 1 is 1.19 bits per heavy atom. The number of hydrogen-bond acceptors (Lipinski definition) is 7. The van der Waals surface area contributed by atoms with E-state index in [-0.39, 0.29) is 12.7 Å². The van der Waals surface area contributed by atoms with Gasteiger partial charge in [-0.15, -0.1) is 0 Å². The van der Waals surface area contributed by atoms with Gasteiger partial charge >= 0.3 is 0 Å². The van der Waals surface area contributed by atoms with Gasteiger partial charge in [-0.2, -0.15) is 11.8 Å². The zero-order valence-electron chi connectivity index (χ0n) is 15.7. The Bertz CT molecular complexity index is 795. The van der Waals surface area contributed by atoms with Crippen LogP contribution in [0.15, 0.2) is 24.3 Å². The molecule has 2 heterocycles. The fourth-order valence-corrected chi connectivity index (χ4v) is 3.29. The van der Waals surface area contributed by atoms with Crippen LogP contribution in [0, 0.1) is 13.8 Å². The molecule has 0 fully saturated rings. The number of carbonyl (C=O) groups excluding carboxylic acids is 1. The standard InChI is InChI=1S/C19H24N4O3S/c1-12-8-13(2)22-19(21-12)23-15(6-7-27-3)18(24)20-10-14-4-5-16-17(9-14)26-11-25-16/h4-5,8-9,15H,6-7,10-11H2,1-3H3,(H,20,24)(H,21,22,23)/t15-/m1/s1. The number of thioether (sulfide) groups is 1. The second kappa shape index (κ2) is 8.94. The molecule has 0 saturated heterocycles. The van der Waals surface area contributed by atoms with E-state index in [0.29, 0.717) is 24.7 Å². The lowest BCUT2D eigenvalue weighted by Gasteiger charge is -2.18. The number of aryl methyl sites for hydroxylation is 2. The van der Waals surface area contributed by atoms with Crippen molar-refractivity contribution in [2.24, 2.45) is 0 Å². The number of anilines is 1. The van der Waals surface area contributed by atoms with Gasteiger partial charge in [0, 0.05) is 17.9 Å². The molecule has 0 spiro atoms. The monoisotopic (exact) mass is 388 g/mol. The van der Waals surface area contributed by atoms with E-state index in [0.717, 1.165) is 28.5 Å². The van der Waals surface area contributed by atoms with E-state index < -0.39 is 6.04 Å². The first kappa shape index (κ1) is 19.3. The number of amides is 1. The average Bonchev–Trinajstić information content (AvgIpc) is 3.10. The largest absolute Gasteiger partial charge is 0.454 e. The molecule has 1 aromatic carbocycles. The van der Waals surface area contributed by atoms with Crippen LogP contribution in [-0.2, 0) is 11.3 Å². The maximum atomic E-state index is 12.7. The highest BCUT2D eigenvalue weighted by Gasteiger charge is 2.20. The Balaban J connectivity index is 1.63. The van der Waals surface area contributed by atoms with Gasteiger partial charge in [0.05, 0.1) is 0 Å². The first-order valence-electron chi connectivity index (χ1n) is 8.79. The van der Waals surface area contributed by atoms with Crippen LogP contribution < -0.4 is 20.1 Å². The van der Waals surface area contributed by atoms with Crippen molar-refractivity contribution in [3.05, 3.63) is 41.2 Å². The predicted octanol–water partition coefficient (Wildman–Crippen LogP) is 2.67. The SMILES string of the molecule is CSCC[C@@H](Nc1nc(C)cc(C)n1)C(=O)NCc1ccc2c(c1)OCO2. The summed E-state index contributed by atoms with van der Waals surface area (Å²) >= 11 is 1.70. The number of ether oxygens (including phenoxy) is 2. The number of nitrogens with one attached hydrogen (secondary N) is 2. The van der Waals surface area contributed by atoms with Gasteiger partial charge in [-0.1, -0.05) is 6.07 Å². The highest BCUT2D eigenvalue weighted by atomic mass is 32.2. The summed E-state index contributed by atoms with van der Waals surface area (Å²) in [5.41, 5.74) is 2.70. The molecule has 1 amide bonds. The minimum Gasteiger partial charge on any atom is -0.454 e. The molecular formula is C19H24N4O3S. The molecule has 0 aliphatic carbocycles. The Kier molecular flexibility index (Phi) is 6.39. The van der Waals surface area contributed by atoms with Crippen LogP contribution in [0.5, 0.6) is 11.5 Å². The summed E-state index contributed by atoms with van der Waals surface area (Å²) in [5.74, 6) is 2.71. The van der Waals surface area contributed by atoms with E-state index in [4.69, 9.17) is 9.47 Å². The van der Waals surface area contributed by atoms with Crippen molar-refractivity contribution < 1.29 is 14.3 Å². The van der Waals surface area contributed by atoms with Crippen molar-refractivity contribution in [3.63, 3.8) is 0 Å². The van der Waals surface area contributed by atoms with Gasteiger partial charge in [0.2, 0.25) is 18.6 Å². The smallest absolute Gasteiger partial charge is 0.242 e. The van der Waals surface area contributed by atoms with Crippen LogP contribution >= 0.6 is 11.8 Å². The summed E-state index contributed by atoms with van der Waals surface area (Å²) in [5, 5.41) is 6.17. The number of rotatable bonds is 8. The van der Waals surface area contributed by atoms with Gasteiger partial charge in [-0.25, -0.2) is 9.97 Å². The molecule has 1 aromatic heterocycles. The summed E-state index contributed by atoms with van der Waals surface area (Å²) in [6, 6.07) is 7.18. The molecule has 8 heteroatoms. The fourth-order valence-electron chi connectivity index (χ4n) is 2.81. The number of hydrogen-bond donors (Lipinski definition) is 2. The Morgan fingerprint density at radius 3 is 2.67 bits per heavy atom. The Labute approximate surface area is 163 Å². The van der Waals surface area contributed by atoms with Crippen LogP contribution in [-0.4, -0.2) is 40.7 Å². The topological polar surface area (TPSA) is 85.4 Å². The second-order valence-electron chi connectivity index (χ2n) is 6.36.